The maximum atomic E-state index is 11.9. The number of primary amides is 1. The van der Waals surface area contributed by atoms with Gasteiger partial charge in [0.05, 0.1) is 26.5 Å². The van der Waals surface area contributed by atoms with Crippen molar-refractivity contribution in [3.05, 3.63) is 59.3 Å². The lowest BCUT2D eigenvalue weighted by atomic mass is 10.0. The third kappa shape index (κ3) is 6.01. The van der Waals surface area contributed by atoms with Crippen LogP contribution in [0.4, 0.5) is 0 Å². The van der Waals surface area contributed by atoms with E-state index in [9.17, 15) is 4.79 Å². The van der Waals surface area contributed by atoms with E-state index in [0.29, 0.717) is 42.4 Å². The number of nitrogens with one attached hydrogen (secondary N) is 1. The molecule has 0 radical (unpaired) electrons. The molecule has 1 aromatic heterocycles. The van der Waals surface area contributed by atoms with E-state index in [0.717, 1.165) is 35.6 Å². The van der Waals surface area contributed by atoms with Crippen molar-refractivity contribution < 1.29 is 23.7 Å². The van der Waals surface area contributed by atoms with Crippen LogP contribution in [0.25, 0.3) is 11.3 Å². The molecule has 3 rings (SSSR count). The van der Waals surface area contributed by atoms with Crippen LogP contribution < -0.4 is 19.9 Å². The zero-order valence-electron chi connectivity index (χ0n) is 18.6. The van der Waals surface area contributed by atoms with E-state index in [1.807, 2.05) is 31.2 Å². The Balaban J connectivity index is 1.75. The summed E-state index contributed by atoms with van der Waals surface area (Å²) in [5, 5.41) is 7.45. The first-order valence-electron chi connectivity index (χ1n) is 10.4. The molecular weight excluding hydrogens is 410 g/mol. The predicted octanol–water partition coefficient (Wildman–Crippen LogP) is 3.39. The molecule has 0 saturated carbocycles. The van der Waals surface area contributed by atoms with Crippen LogP contribution in [-0.2, 0) is 17.6 Å². The lowest BCUT2D eigenvalue weighted by molar-refractivity contribution is 0.100. The maximum Gasteiger partial charge on any atom is 0.249 e. The minimum absolute atomic E-state index is 0.387. The molecule has 2 aromatic carbocycles. The number of aromatic nitrogens is 2. The third-order valence-electron chi connectivity index (χ3n) is 4.96. The number of rotatable bonds is 12. The summed E-state index contributed by atoms with van der Waals surface area (Å²) in [5.41, 5.74) is 9.23. The Kier molecular flexibility index (Phi) is 8.10. The van der Waals surface area contributed by atoms with Crippen LogP contribution in [0.3, 0.4) is 0 Å². The highest BCUT2D eigenvalue weighted by Crippen LogP contribution is 2.28. The van der Waals surface area contributed by atoms with Gasteiger partial charge in [0, 0.05) is 29.5 Å². The fourth-order valence-corrected chi connectivity index (χ4v) is 3.32. The first-order valence-corrected chi connectivity index (χ1v) is 10.4. The van der Waals surface area contributed by atoms with Gasteiger partial charge in [0.1, 0.15) is 23.9 Å². The van der Waals surface area contributed by atoms with E-state index in [2.05, 4.69) is 10.2 Å². The number of amides is 1. The van der Waals surface area contributed by atoms with Crippen molar-refractivity contribution in [2.75, 3.05) is 34.0 Å². The molecule has 0 aliphatic heterocycles. The molecule has 170 valence electrons. The van der Waals surface area contributed by atoms with Crippen LogP contribution in [0.1, 0.15) is 28.5 Å². The molecule has 1 amide bonds. The summed E-state index contributed by atoms with van der Waals surface area (Å²) in [6.07, 6.45) is 1.48. The van der Waals surface area contributed by atoms with E-state index in [1.54, 1.807) is 32.4 Å². The lowest BCUT2D eigenvalue weighted by Crippen LogP contribution is -2.13. The predicted molar refractivity (Wildman–Crippen MR) is 121 cm³/mol. The Hall–Kier alpha value is -3.52. The summed E-state index contributed by atoms with van der Waals surface area (Å²) >= 11 is 0. The summed E-state index contributed by atoms with van der Waals surface area (Å²) < 4.78 is 21.7. The van der Waals surface area contributed by atoms with Gasteiger partial charge in [-0.2, -0.15) is 5.10 Å². The fraction of sp³-hybridized carbons (Fsp3) is 0.333. The molecule has 8 nitrogen and oxygen atoms in total. The third-order valence-corrected chi connectivity index (χ3v) is 4.96. The minimum atomic E-state index is -0.520. The van der Waals surface area contributed by atoms with Gasteiger partial charge in [-0.1, -0.05) is 0 Å². The monoisotopic (exact) mass is 439 g/mol. The number of carbonyl (C=O) groups excluding carboxylic acids is 1. The van der Waals surface area contributed by atoms with Gasteiger partial charge < -0.3 is 24.7 Å². The van der Waals surface area contributed by atoms with Crippen LogP contribution in [-0.4, -0.2) is 50.1 Å². The highest BCUT2D eigenvalue weighted by Gasteiger charge is 2.15. The van der Waals surface area contributed by atoms with E-state index < -0.39 is 5.91 Å². The smallest absolute Gasteiger partial charge is 0.249 e. The Morgan fingerprint density at radius 3 is 2.38 bits per heavy atom. The van der Waals surface area contributed by atoms with E-state index in [4.69, 9.17) is 24.7 Å². The minimum Gasteiger partial charge on any atom is -0.497 e. The van der Waals surface area contributed by atoms with Crippen molar-refractivity contribution >= 4 is 5.91 Å². The average Bonchev–Trinajstić information content (AvgIpc) is 3.29. The number of H-pyrrole nitrogens is 1. The second-order valence-electron chi connectivity index (χ2n) is 7.12. The molecule has 0 aliphatic carbocycles. The number of aryl methyl sites for hydroxylation is 2. The highest BCUT2D eigenvalue weighted by atomic mass is 16.5. The normalized spacial score (nSPS) is 10.7. The van der Waals surface area contributed by atoms with Gasteiger partial charge in [0.15, 0.2) is 0 Å². The summed E-state index contributed by atoms with van der Waals surface area (Å²) in [6, 6.07) is 12.9. The molecule has 0 atom stereocenters. The van der Waals surface area contributed by atoms with Crippen LogP contribution in [0.2, 0.25) is 0 Å². The number of ether oxygens (including phenoxy) is 4. The van der Waals surface area contributed by atoms with Gasteiger partial charge in [-0.15, -0.1) is 0 Å². The molecule has 0 saturated heterocycles. The molecule has 1 heterocycles. The average molecular weight is 440 g/mol. The molecule has 32 heavy (non-hydrogen) atoms. The van der Waals surface area contributed by atoms with Gasteiger partial charge in [-0.05, 0) is 61.7 Å². The molecule has 3 aromatic rings. The number of nitrogens with zero attached hydrogens (tertiary/aromatic N) is 1. The summed E-state index contributed by atoms with van der Waals surface area (Å²) in [4.78, 5) is 11.9. The van der Waals surface area contributed by atoms with Crippen LogP contribution >= 0.6 is 0 Å². The first-order chi connectivity index (χ1) is 15.5. The number of nitrogens with two attached hydrogens (primary N) is 1. The second kappa shape index (κ2) is 11.2. The van der Waals surface area contributed by atoms with Crippen molar-refractivity contribution in [2.45, 2.75) is 19.8 Å². The molecular formula is C24H29N3O5. The summed E-state index contributed by atoms with van der Waals surface area (Å²) in [5.74, 6) is 1.60. The number of hydrogen-bond donors (Lipinski definition) is 2. The van der Waals surface area contributed by atoms with Crippen LogP contribution in [0.15, 0.2) is 42.5 Å². The number of methoxy groups -OCH3 is 2. The zero-order valence-corrected chi connectivity index (χ0v) is 18.6. The number of benzene rings is 2. The van der Waals surface area contributed by atoms with Crippen molar-refractivity contribution in [3.8, 4) is 28.5 Å². The lowest BCUT2D eigenvalue weighted by Gasteiger charge is -2.10. The van der Waals surface area contributed by atoms with Crippen molar-refractivity contribution in [1.82, 2.24) is 10.2 Å². The van der Waals surface area contributed by atoms with Gasteiger partial charge in [-0.25, -0.2) is 0 Å². The largest absolute Gasteiger partial charge is 0.497 e. The maximum absolute atomic E-state index is 11.9. The Morgan fingerprint density at radius 2 is 1.72 bits per heavy atom. The SMILES string of the molecule is CCOCCOc1ccc(C(N)=O)c(-c2cc(CCc3cc(OC)cc(OC)c3)[nH]n2)c1. The summed E-state index contributed by atoms with van der Waals surface area (Å²) in [7, 11) is 3.26. The van der Waals surface area contributed by atoms with E-state index >= 15 is 0 Å². The highest BCUT2D eigenvalue weighted by molar-refractivity contribution is 5.99. The van der Waals surface area contributed by atoms with E-state index in [-0.39, 0.29) is 0 Å². The van der Waals surface area contributed by atoms with Crippen LogP contribution in [0, 0.1) is 0 Å². The number of carbonyl (C=O) groups is 1. The van der Waals surface area contributed by atoms with E-state index in [1.165, 1.54) is 0 Å². The zero-order chi connectivity index (χ0) is 22.9. The topological polar surface area (TPSA) is 109 Å². The van der Waals surface area contributed by atoms with Gasteiger partial charge >= 0.3 is 0 Å². The van der Waals surface area contributed by atoms with Crippen LogP contribution in [0.5, 0.6) is 17.2 Å². The number of aromatic amines is 1. The molecule has 0 fully saturated rings. The molecule has 0 spiro atoms. The van der Waals surface area contributed by atoms with Gasteiger partial charge in [-0.3, -0.25) is 9.89 Å². The molecule has 0 aliphatic rings. The van der Waals surface area contributed by atoms with Crippen molar-refractivity contribution in [3.63, 3.8) is 0 Å². The van der Waals surface area contributed by atoms with Crippen molar-refractivity contribution in [1.29, 1.82) is 0 Å². The second-order valence-corrected chi connectivity index (χ2v) is 7.12. The Labute approximate surface area is 187 Å². The fourth-order valence-electron chi connectivity index (χ4n) is 3.32. The standard InChI is InChI=1S/C24H29N3O5/c1-4-31-9-10-32-18-7-8-21(24(25)28)22(15-18)23-13-17(26-27-23)6-5-16-11-19(29-2)14-20(12-16)30-3/h7-8,11-15H,4-6,9-10H2,1-3H3,(H2,25,28)(H,26,27). The summed E-state index contributed by atoms with van der Waals surface area (Å²) in [6.45, 7) is 3.47. The number of hydrogen-bond acceptors (Lipinski definition) is 6. The molecule has 3 N–H and O–H groups in total. The Bertz CT molecular complexity index is 1030. The first kappa shape index (κ1) is 23.1. The molecule has 0 unspecified atom stereocenters. The molecule has 0 bridgehead atoms. The van der Waals surface area contributed by atoms with Crippen molar-refractivity contribution in [2.24, 2.45) is 5.73 Å². The Morgan fingerprint density at radius 1 is 0.969 bits per heavy atom. The van der Waals surface area contributed by atoms with Gasteiger partial charge in [0.25, 0.3) is 0 Å². The quantitative estimate of drug-likeness (QED) is 0.419. The van der Waals surface area contributed by atoms with Gasteiger partial charge in [0.2, 0.25) is 5.91 Å². The molecule has 8 heteroatoms.